The Morgan fingerprint density at radius 3 is 2.36 bits per heavy atom. The largest absolute Gasteiger partial charge is 0.380 e. The first-order valence-electron chi connectivity index (χ1n) is 12.1. The third-order valence-electron chi connectivity index (χ3n) is 6.95. The minimum atomic E-state index is -0.673. The number of nitrogens with zero attached hydrogens (tertiary/aromatic N) is 5. The Labute approximate surface area is 208 Å². The standard InChI is InChI=1S/C25H29N7O4/c33-22-20(26-12-18-6-7-30(16-18)15-17-4-2-1-3-5-17)21(23(22)34)31-8-10-32(11-9-31)25-27-13-19(14-28-25)24(35)29-36/h1-5,13-14,18,26,36H,6-12,15-16H2,(H,29,35). The summed E-state index contributed by atoms with van der Waals surface area (Å²) >= 11 is 0. The fourth-order valence-corrected chi connectivity index (χ4v) is 4.95. The van der Waals surface area contributed by atoms with Crippen molar-refractivity contribution in [3.63, 3.8) is 0 Å². The second-order valence-electron chi connectivity index (χ2n) is 9.32. The summed E-state index contributed by atoms with van der Waals surface area (Å²) in [7, 11) is 0. The van der Waals surface area contributed by atoms with E-state index in [0.717, 1.165) is 26.1 Å². The molecule has 3 N–H and O–H groups in total. The molecule has 1 amide bonds. The maximum Gasteiger partial charge on any atom is 0.277 e. The quantitative estimate of drug-likeness (QED) is 0.232. The molecule has 3 aromatic rings. The van der Waals surface area contributed by atoms with E-state index in [1.54, 1.807) is 5.48 Å². The van der Waals surface area contributed by atoms with Crippen molar-refractivity contribution in [2.75, 3.05) is 60.9 Å². The summed E-state index contributed by atoms with van der Waals surface area (Å²) in [6, 6.07) is 10.4. The molecule has 2 aliphatic rings. The molecular weight excluding hydrogens is 462 g/mol. The Balaban J connectivity index is 1.14. The summed E-state index contributed by atoms with van der Waals surface area (Å²) in [6.45, 7) is 5.83. The van der Waals surface area contributed by atoms with Crippen molar-refractivity contribution < 1.29 is 10.0 Å². The molecule has 2 aliphatic heterocycles. The number of piperazine rings is 1. The van der Waals surface area contributed by atoms with Crippen LogP contribution in [0.5, 0.6) is 0 Å². The molecule has 1 unspecified atom stereocenters. The van der Waals surface area contributed by atoms with Gasteiger partial charge in [-0.3, -0.25) is 24.5 Å². The van der Waals surface area contributed by atoms with Gasteiger partial charge in [-0.15, -0.1) is 0 Å². The van der Waals surface area contributed by atoms with E-state index in [4.69, 9.17) is 5.21 Å². The first-order chi connectivity index (χ1) is 17.5. The van der Waals surface area contributed by atoms with Gasteiger partial charge in [0.05, 0.1) is 5.56 Å². The number of likely N-dealkylation sites (tertiary alicyclic amines) is 1. The summed E-state index contributed by atoms with van der Waals surface area (Å²) in [4.78, 5) is 50.9. The van der Waals surface area contributed by atoms with Crippen molar-refractivity contribution in [1.29, 1.82) is 0 Å². The van der Waals surface area contributed by atoms with Crippen LogP contribution in [0.2, 0.25) is 0 Å². The predicted molar refractivity (Wildman–Crippen MR) is 135 cm³/mol. The number of carbonyl (C=O) groups excluding carboxylic acids is 1. The van der Waals surface area contributed by atoms with Crippen LogP contribution in [0.25, 0.3) is 0 Å². The van der Waals surface area contributed by atoms with E-state index >= 15 is 0 Å². The number of rotatable bonds is 8. The van der Waals surface area contributed by atoms with Crippen molar-refractivity contribution in [2.45, 2.75) is 13.0 Å². The Bertz CT molecular complexity index is 1270. The third-order valence-corrected chi connectivity index (χ3v) is 6.95. The lowest BCUT2D eigenvalue weighted by atomic mass is 10.1. The highest BCUT2D eigenvalue weighted by molar-refractivity contribution is 5.92. The van der Waals surface area contributed by atoms with Gasteiger partial charge in [0.25, 0.3) is 16.8 Å². The fourth-order valence-electron chi connectivity index (χ4n) is 4.95. The van der Waals surface area contributed by atoms with Gasteiger partial charge in [0.2, 0.25) is 5.95 Å². The molecule has 1 atom stereocenters. The second kappa shape index (κ2) is 10.4. The summed E-state index contributed by atoms with van der Waals surface area (Å²) in [5.41, 5.74) is 3.05. The van der Waals surface area contributed by atoms with Crippen LogP contribution in [0, 0.1) is 5.92 Å². The van der Waals surface area contributed by atoms with E-state index in [2.05, 4.69) is 44.5 Å². The summed E-state index contributed by atoms with van der Waals surface area (Å²) in [5, 5.41) is 12.0. The first-order valence-corrected chi connectivity index (χ1v) is 12.1. The van der Waals surface area contributed by atoms with Gasteiger partial charge in [-0.2, -0.15) is 0 Å². The zero-order valence-corrected chi connectivity index (χ0v) is 19.9. The van der Waals surface area contributed by atoms with Crippen LogP contribution < -0.4 is 31.5 Å². The van der Waals surface area contributed by atoms with Gasteiger partial charge in [-0.1, -0.05) is 30.3 Å². The van der Waals surface area contributed by atoms with Crippen LogP contribution in [0.3, 0.4) is 0 Å². The van der Waals surface area contributed by atoms with Crippen molar-refractivity contribution in [3.05, 3.63) is 74.3 Å². The van der Waals surface area contributed by atoms with Gasteiger partial charge >= 0.3 is 0 Å². The Morgan fingerprint density at radius 1 is 0.972 bits per heavy atom. The summed E-state index contributed by atoms with van der Waals surface area (Å²) in [5.74, 6) is 0.220. The topological polar surface area (TPSA) is 131 Å². The molecule has 0 aliphatic carbocycles. The molecular formula is C25H29N7O4. The summed E-state index contributed by atoms with van der Waals surface area (Å²) in [6.07, 6.45) is 3.76. The van der Waals surface area contributed by atoms with Crippen LogP contribution >= 0.6 is 0 Å². The van der Waals surface area contributed by atoms with Gasteiger partial charge in [0, 0.05) is 58.2 Å². The number of anilines is 3. The van der Waals surface area contributed by atoms with Gasteiger partial charge in [0.15, 0.2) is 0 Å². The summed E-state index contributed by atoms with van der Waals surface area (Å²) < 4.78 is 0. The SMILES string of the molecule is O=C(NO)c1cnc(N2CCN(c3c(NCC4CCN(Cc5ccccc5)C4)c(=O)c3=O)CC2)nc1. The molecule has 2 saturated heterocycles. The van der Waals surface area contributed by atoms with Crippen molar-refractivity contribution in [1.82, 2.24) is 20.3 Å². The number of nitrogens with one attached hydrogen (secondary N) is 2. The molecule has 11 nitrogen and oxygen atoms in total. The van der Waals surface area contributed by atoms with E-state index in [0.29, 0.717) is 56.0 Å². The molecule has 188 valence electrons. The molecule has 36 heavy (non-hydrogen) atoms. The average Bonchev–Trinajstić information content (AvgIpc) is 3.37. The lowest BCUT2D eigenvalue weighted by molar-refractivity contribution is 0.0705. The number of hydroxylamine groups is 1. The van der Waals surface area contributed by atoms with Gasteiger partial charge < -0.3 is 15.1 Å². The normalized spacial score (nSPS) is 18.5. The minimum Gasteiger partial charge on any atom is -0.380 e. The molecule has 0 saturated carbocycles. The second-order valence-corrected chi connectivity index (χ2v) is 9.32. The molecule has 2 fully saturated rings. The lowest BCUT2D eigenvalue weighted by Gasteiger charge is -2.37. The van der Waals surface area contributed by atoms with E-state index in [1.807, 2.05) is 15.9 Å². The number of aromatic nitrogens is 2. The highest BCUT2D eigenvalue weighted by Crippen LogP contribution is 2.25. The van der Waals surface area contributed by atoms with Gasteiger partial charge in [0.1, 0.15) is 11.4 Å². The fraction of sp³-hybridized carbons (Fsp3) is 0.400. The van der Waals surface area contributed by atoms with Crippen LogP contribution in [0.4, 0.5) is 17.3 Å². The number of hydrogen-bond donors (Lipinski definition) is 3. The first kappa shape index (κ1) is 23.9. The third kappa shape index (κ3) is 4.93. The molecule has 2 aromatic carbocycles. The molecule has 11 heteroatoms. The predicted octanol–water partition coefficient (Wildman–Crippen LogP) is 0.452. The van der Waals surface area contributed by atoms with Crippen LogP contribution in [-0.4, -0.2) is 71.8 Å². The Kier molecular flexibility index (Phi) is 6.92. The van der Waals surface area contributed by atoms with E-state index < -0.39 is 16.8 Å². The smallest absolute Gasteiger partial charge is 0.277 e. The molecule has 0 radical (unpaired) electrons. The Hall–Kier alpha value is -3.83. The van der Waals surface area contributed by atoms with Crippen LogP contribution in [0.15, 0.2) is 52.3 Å². The van der Waals surface area contributed by atoms with Crippen LogP contribution in [0.1, 0.15) is 22.3 Å². The van der Waals surface area contributed by atoms with E-state index in [-0.39, 0.29) is 5.56 Å². The molecule has 3 heterocycles. The van der Waals surface area contributed by atoms with Gasteiger partial charge in [-0.05, 0) is 24.4 Å². The highest BCUT2D eigenvalue weighted by atomic mass is 16.5. The van der Waals surface area contributed by atoms with Crippen molar-refractivity contribution in [3.8, 4) is 0 Å². The Morgan fingerprint density at radius 2 is 1.67 bits per heavy atom. The molecule has 0 spiro atoms. The zero-order chi connectivity index (χ0) is 25.1. The van der Waals surface area contributed by atoms with Crippen molar-refractivity contribution >= 4 is 23.2 Å². The number of amides is 1. The zero-order valence-electron chi connectivity index (χ0n) is 19.9. The maximum absolute atomic E-state index is 12.4. The van der Waals surface area contributed by atoms with Crippen molar-refractivity contribution in [2.24, 2.45) is 5.92 Å². The highest BCUT2D eigenvalue weighted by Gasteiger charge is 2.30. The van der Waals surface area contributed by atoms with Crippen LogP contribution in [-0.2, 0) is 6.54 Å². The monoisotopic (exact) mass is 491 g/mol. The van der Waals surface area contributed by atoms with E-state index in [9.17, 15) is 14.4 Å². The molecule has 0 bridgehead atoms. The number of benzene rings is 1. The minimum absolute atomic E-state index is 0.157. The number of carbonyl (C=O) groups is 1. The lowest BCUT2D eigenvalue weighted by Crippen LogP contribution is -2.52. The average molecular weight is 492 g/mol. The van der Waals surface area contributed by atoms with E-state index in [1.165, 1.54) is 18.0 Å². The number of hydrogen-bond acceptors (Lipinski definition) is 10. The molecule has 5 rings (SSSR count). The maximum atomic E-state index is 12.4. The van der Waals surface area contributed by atoms with Gasteiger partial charge in [-0.25, -0.2) is 15.4 Å². The molecule has 1 aromatic heterocycles.